The van der Waals surface area contributed by atoms with Gasteiger partial charge < -0.3 is 15.5 Å². The van der Waals surface area contributed by atoms with Crippen molar-refractivity contribution in [2.45, 2.75) is 12.8 Å². The van der Waals surface area contributed by atoms with Gasteiger partial charge in [-0.15, -0.1) is 0 Å². The summed E-state index contributed by atoms with van der Waals surface area (Å²) >= 11 is 5.96. The molecule has 1 heterocycles. The van der Waals surface area contributed by atoms with Crippen molar-refractivity contribution in [2.75, 3.05) is 39.0 Å². The van der Waals surface area contributed by atoms with Crippen LogP contribution in [0.2, 0.25) is 5.02 Å². The van der Waals surface area contributed by atoms with Crippen LogP contribution in [-0.4, -0.2) is 49.5 Å². The van der Waals surface area contributed by atoms with Crippen molar-refractivity contribution in [1.29, 1.82) is 0 Å². The lowest BCUT2D eigenvalue weighted by Crippen LogP contribution is -2.26. The number of amides is 1. The molecule has 1 aromatic heterocycles. The van der Waals surface area contributed by atoms with Crippen molar-refractivity contribution < 1.29 is 4.79 Å². The average Bonchev–Trinajstić information content (AvgIpc) is 2.59. The zero-order chi connectivity index (χ0) is 18.1. The van der Waals surface area contributed by atoms with Crippen LogP contribution in [0.4, 0.5) is 5.69 Å². The van der Waals surface area contributed by atoms with Gasteiger partial charge in [0.05, 0.1) is 11.3 Å². The highest BCUT2D eigenvalue weighted by Crippen LogP contribution is 2.11. The number of anilines is 1. The molecule has 2 N–H and O–H groups in total. The number of aromatic nitrogens is 1. The molecule has 25 heavy (non-hydrogen) atoms. The van der Waals surface area contributed by atoms with E-state index in [2.05, 4.69) is 34.6 Å². The molecular weight excluding hydrogens is 336 g/mol. The summed E-state index contributed by atoms with van der Waals surface area (Å²) in [7, 11) is 4.10. The molecule has 5 nitrogen and oxygen atoms in total. The fraction of sp³-hybridized carbons (Fsp3) is 0.368. The van der Waals surface area contributed by atoms with Crippen LogP contribution in [0.1, 0.15) is 22.3 Å². The standard InChI is InChI=1S/C19H25ClN4O/c1-24(2)10-4-8-22-18-12-16(13-21-14-18)19(25)23-9-7-15-5-3-6-17(20)11-15/h3,5-6,11-14,22H,4,7-10H2,1-2H3,(H,23,25). The molecule has 0 aliphatic rings. The van der Waals surface area contributed by atoms with Gasteiger partial charge in [-0.3, -0.25) is 9.78 Å². The van der Waals surface area contributed by atoms with E-state index in [0.717, 1.165) is 37.2 Å². The van der Waals surface area contributed by atoms with Gasteiger partial charge in [-0.1, -0.05) is 23.7 Å². The highest BCUT2D eigenvalue weighted by molar-refractivity contribution is 6.30. The first-order valence-electron chi connectivity index (χ1n) is 8.41. The summed E-state index contributed by atoms with van der Waals surface area (Å²) in [6.45, 7) is 2.42. The first-order chi connectivity index (χ1) is 12.0. The predicted octanol–water partition coefficient (Wildman–Crippen LogP) is 3.07. The minimum absolute atomic E-state index is 0.119. The number of hydrogen-bond donors (Lipinski definition) is 2. The van der Waals surface area contributed by atoms with Crippen LogP contribution in [0, 0.1) is 0 Å². The first-order valence-corrected chi connectivity index (χ1v) is 8.78. The molecule has 0 bridgehead atoms. The van der Waals surface area contributed by atoms with Crippen molar-refractivity contribution in [3.63, 3.8) is 0 Å². The van der Waals surface area contributed by atoms with Crippen LogP contribution in [0.15, 0.2) is 42.7 Å². The Hall–Kier alpha value is -2.11. The summed E-state index contributed by atoms with van der Waals surface area (Å²) in [4.78, 5) is 18.6. The van der Waals surface area contributed by atoms with E-state index in [-0.39, 0.29) is 5.91 Å². The fourth-order valence-electron chi connectivity index (χ4n) is 2.40. The SMILES string of the molecule is CN(C)CCCNc1cncc(C(=O)NCCc2cccc(Cl)c2)c1. The third kappa shape index (κ3) is 7.11. The van der Waals surface area contributed by atoms with Crippen LogP contribution >= 0.6 is 11.6 Å². The smallest absolute Gasteiger partial charge is 0.252 e. The first kappa shape index (κ1) is 19.2. The Morgan fingerprint density at radius 1 is 1.20 bits per heavy atom. The minimum Gasteiger partial charge on any atom is -0.384 e. The summed E-state index contributed by atoms with van der Waals surface area (Å²) < 4.78 is 0. The summed E-state index contributed by atoms with van der Waals surface area (Å²) in [6.07, 6.45) is 5.09. The summed E-state index contributed by atoms with van der Waals surface area (Å²) in [5.74, 6) is -0.119. The molecule has 1 amide bonds. The number of benzene rings is 1. The number of rotatable bonds is 9. The molecule has 0 saturated heterocycles. The number of halogens is 1. The second-order valence-electron chi connectivity index (χ2n) is 6.18. The Morgan fingerprint density at radius 2 is 2.04 bits per heavy atom. The van der Waals surface area contributed by atoms with Gasteiger partial charge in [-0.25, -0.2) is 0 Å². The number of hydrogen-bond acceptors (Lipinski definition) is 4. The number of nitrogens with one attached hydrogen (secondary N) is 2. The van der Waals surface area contributed by atoms with Crippen molar-refractivity contribution in [2.24, 2.45) is 0 Å². The van der Waals surface area contributed by atoms with Crippen molar-refractivity contribution in [3.8, 4) is 0 Å². The highest BCUT2D eigenvalue weighted by atomic mass is 35.5. The monoisotopic (exact) mass is 360 g/mol. The summed E-state index contributed by atoms with van der Waals surface area (Å²) in [5, 5.41) is 6.93. The Bertz CT molecular complexity index is 691. The molecule has 0 spiro atoms. The van der Waals surface area contributed by atoms with E-state index in [1.165, 1.54) is 0 Å². The Morgan fingerprint density at radius 3 is 2.80 bits per heavy atom. The number of carbonyl (C=O) groups excluding carboxylic acids is 1. The van der Waals surface area contributed by atoms with Gasteiger partial charge in [0.15, 0.2) is 0 Å². The fourth-order valence-corrected chi connectivity index (χ4v) is 2.62. The van der Waals surface area contributed by atoms with Crippen molar-refractivity contribution in [1.82, 2.24) is 15.2 Å². The average molecular weight is 361 g/mol. The predicted molar refractivity (Wildman–Crippen MR) is 103 cm³/mol. The maximum Gasteiger partial charge on any atom is 0.252 e. The molecule has 2 rings (SSSR count). The normalized spacial score (nSPS) is 10.7. The van der Waals surface area contributed by atoms with E-state index in [4.69, 9.17) is 11.6 Å². The van der Waals surface area contributed by atoms with Crippen molar-refractivity contribution in [3.05, 3.63) is 58.9 Å². The van der Waals surface area contributed by atoms with Crippen LogP contribution < -0.4 is 10.6 Å². The van der Waals surface area contributed by atoms with Gasteiger partial charge in [0.2, 0.25) is 0 Å². The molecule has 2 aromatic rings. The van der Waals surface area contributed by atoms with Gasteiger partial charge in [0.1, 0.15) is 0 Å². The van der Waals surface area contributed by atoms with Gasteiger partial charge >= 0.3 is 0 Å². The van der Waals surface area contributed by atoms with Gasteiger partial charge in [0, 0.05) is 30.5 Å². The Labute approximate surface area is 154 Å². The third-order valence-corrected chi connectivity index (χ3v) is 3.94. The topological polar surface area (TPSA) is 57.3 Å². The van der Waals surface area contributed by atoms with Crippen LogP contribution in [0.5, 0.6) is 0 Å². The van der Waals surface area contributed by atoms with Gasteiger partial charge in [-0.2, -0.15) is 0 Å². The van der Waals surface area contributed by atoms with E-state index in [1.807, 2.05) is 30.3 Å². The summed E-state index contributed by atoms with van der Waals surface area (Å²) in [6, 6.07) is 9.49. The third-order valence-electron chi connectivity index (χ3n) is 3.70. The number of carbonyl (C=O) groups is 1. The molecule has 0 unspecified atom stereocenters. The molecule has 1 aromatic carbocycles. The molecule has 0 aliphatic carbocycles. The molecule has 0 atom stereocenters. The molecule has 134 valence electrons. The molecule has 0 saturated carbocycles. The van der Waals surface area contributed by atoms with Gasteiger partial charge in [0.25, 0.3) is 5.91 Å². The lowest BCUT2D eigenvalue weighted by Gasteiger charge is -2.11. The lowest BCUT2D eigenvalue weighted by molar-refractivity contribution is 0.0954. The second-order valence-corrected chi connectivity index (χ2v) is 6.62. The van der Waals surface area contributed by atoms with Gasteiger partial charge in [-0.05, 0) is 57.2 Å². The largest absolute Gasteiger partial charge is 0.384 e. The molecule has 6 heteroatoms. The second kappa shape index (κ2) is 10.0. The van der Waals surface area contributed by atoms with Crippen LogP contribution in [-0.2, 0) is 6.42 Å². The van der Waals surface area contributed by atoms with E-state index >= 15 is 0 Å². The minimum atomic E-state index is -0.119. The number of nitrogens with zero attached hydrogens (tertiary/aromatic N) is 2. The quantitative estimate of drug-likeness (QED) is 0.675. The zero-order valence-electron chi connectivity index (χ0n) is 14.8. The van der Waals surface area contributed by atoms with E-state index in [9.17, 15) is 4.79 Å². The van der Waals surface area contributed by atoms with E-state index < -0.39 is 0 Å². The Balaban J connectivity index is 1.79. The molecular formula is C19H25ClN4O. The maximum absolute atomic E-state index is 12.3. The van der Waals surface area contributed by atoms with E-state index in [0.29, 0.717) is 17.1 Å². The maximum atomic E-state index is 12.3. The molecule has 0 fully saturated rings. The summed E-state index contributed by atoms with van der Waals surface area (Å²) in [5.41, 5.74) is 2.52. The molecule has 0 aliphatic heterocycles. The van der Waals surface area contributed by atoms with Crippen molar-refractivity contribution >= 4 is 23.2 Å². The lowest BCUT2D eigenvalue weighted by atomic mass is 10.1. The highest BCUT2D eigenvalue weighted by Gasteiger charge is 2.06. The number of pyridine rings is 1. The van der Waals surface area contributed by atoms with E-state index in [1.54, 1.807) is 12.4 Å². The van der Waals surface area contributed by atoms with Crippen LogP contribution in [0.25, 0.3) is 0 Å². The van der Waals surface area contributed by atoms with Crippen LogP contribution in [0.3, 0.4) is 0 Å². The molecule has 0 radical (unpaired) electrons. The zero-order valence-corrected chi connectivity index (χ0v) is 15.5. The Kier molecular flexibility index (Phi) is 7.70.